The normalized spacial score (nSPS) is 22.6. The van der Waals surface area contributed by atoms with E-state index < -0.39 is 0 Å². The minimum absolute atomic E-state index is 0.119. The SMILES string of the molecule is Cn1ccc(N2CCCC(NC(c3ccccc3)C3CC3)C2=O)n1. The number of aryl methyl sites for hydroxylation is 1. The maximum absolute atomic E-state index is 13.0. The van der Waals surface area contributed by atoms with Crippen molar-refractivity contribution in [2.45, 2.75) is 37.8 Å². The smallest absolute Gasteiger partial charge is 0.245 e. The lowest BCUT2D eigenvalue weighted by atomic mass is 9.98. The van der Waals surface area contributed by atoms with Gasteiger partial charge in [-0.2, -0.15) is 5.10 Å². The molecule has 1 saturated heterocycles. The molecule has 1 aromatic carbocycles. The molecule has 2 unspecified atom stereocenters. The summed E-state index contributed by atoms with van der Waals surface area (Å²) in [5.74, 6) is 1.57. The number of nitrogens with one attached hydrogen (secondary N) is 1. The van der Waals surface area contributed by atoms with E-state index in [9.17, 15) is 4.79 Å². The highest BCUT2D eigenvalue weighted by Gasteiger charge is 2.37. The molecule has 2 aromatic rings. The Morgan fingerprint density at radius 2 is 1.96 bits per heavy atom. The van der Waals surface area contributed by atoms with Crippen molar-refractivity contribution in [1.29, 1.82) is 0 Å². The Morgan fingerprint density at radius 3 is 2.62 bits per heavy atom. The van der Waals surface area contributed by atoms with Crippen LogP contribution in [0.25, 0.3) is 0 Å². The van der Waals surface area contributed by atoms with Crippen molar-refractivity contribution >= 4 is 11.7 Å². The summed E-state index contributed by atoms with van der Waals surface area (Å²) in [6, 6.07) is 12.6. The Hall–Kier alpha value is -2.14. The van der Waals surface area contributed by atoms with Crippen LogP contribution < -0.4 is 10.2 Å². The van der Waals surface area contributed by atoms with Crippen LogP contribution in [0.15, 0.2) is 42.6 Å². The molecule has 126 valence electrons. The van der Waals surface area contributed by atoms with E-state index in [1.807, 2.05) is 30.3 Å². The van der Waals surface area contributed by atoms with Gasteiger partial charge >= 0.3 is 0 Å². The summed E-state index contributed by atoms with van der Waals surface area (Å²) < 4.78 is 1.75. The van der Waals surface area contributed by atoms with Gasteiger partial charge in [-0.25, -0.2) is 0 Å². The molecule has 0 spiro atoms. The van der Waals surface area contributed by atoms with E-state index in [0.717, 1.165) is 25.2 Å². The number of benzene rings is 1. The molecule has 1 amide bonds. The van der Waals surface area contributed by atoms with Crippen LogP contribution in [0.5, 0.6) is 0 Å². The van der Waals surface area contributed by atoms with Gasteiger partial charge in [0.25, 0.3) is 0 Å². The Bertz CT molecular complexity index is 707. The maximum atomic E-state index is 13.0. The van der Waals surface area contributed by atoms with Crippen LogP contribution in [-0.2, 0) is 11.8 Å². The topological polar surface area (TPSA) is 50.2 Å². The zero-order valence-electron chi connectivity index (χ0n) is 14.1. The van der Waals surface area contributed by atoms with Gasteiger partial charge < -0.3 is 0 Å². The van der Waals surface area contributed by atoms with Gasteiger partial charge in [0.2, 0.25) is 5.91 Å². The third-order valence-electron chi connectivity index (χ3n) is 5.05. The van der Waals surface area contributed by atoms with Crippen LogP contribution in [0.4, 0.5) is 5.82 Å². The van der Waals surface area contributed by atoms with Crippen molar-refractivity contribution in [3.63, 3.8) is 0 Å². The molecular formula is C19H24N4O. The average Bonchev–Trinajstić information content (AvgIpc) is 3.35. The number of carbonyl (C=O) groups excluding carboxylic acids is 1. The van der Waals surface area contributed by atoms with E-state index in [-0.39, 0.29) is 18.0 Å². The first kappa shape index (κ1) is 15.4. The highest BCUT2D eigenvalue weighted by atomic mass is 16.2. The Labute approximate surface area is 142 Å². The number of aromatic nitrogens is 2. The molecule has 4 rings (SSSR count). The van der Waals surface area contributed by atoms with Crippen molar-refractivity contribution in [3.05, 3.63) is 48.2 Å². The number of anilines is 1. The summed E-state index contributed by atoms with van der Waals surface area (Å²) in [5.41, 5.74) is 1.29. The molecule has 5 heteroatoms. The molecule has 2 atom stereocenters. The van der Waals surface area contributed by atoms with Crippen LogP contribution in [0, 0.1) is 5.92 Å². The van der Waals surface area contributed by atoms with Gasteiger partial charge in [0.05, 0.1) is 6.04 Å². The molecule has 1 aliphatic carbocycles. The average molecular weight is 324 g/mol. The van der Waals surface area contributed by atoms with E-state index in [4.69, 9.17) is 0 Å². The largest absolute Gasteiger partial charge is 0.299 e. The third kappa shape index (κ3) is 3.08. The molecule has 1 N–H and O–H groups in total. The second-order valence-corrected chi connectivity index (χ2v) is 6.92. The molecule has 0 bridgehead atoms. The highest BCUT2D eigenvalue weighted by molar-refractivity contribution is 5.97. The first-order valence-corrected chi connectivity index (χ1v) is 8.84. The molecule has 24 heavy (non-hydrogen) atoms. The van der Waals surface area contributed by atoms with Gasteiger partial charge in [-0.05, 0) is 37.2 Å². The van der Waals surface area contributed by atoms with Crippen LogP contribution in [0.1, 0.15) is 37.3 Å². The Balaban J connectivity index is 1.51. The molecule has 5 nitrogen and oxygen atoms in total. The van der Waals surface area contributed by atoms with Gasteiger partial charge in [-0.15, -0.1) is 0 Å². The molecule has 0 radical (unpaired) electrons. The Morgan fingerprint density at radius 1 is 1.17 bits per heavy atom. The summed E-state index contributed by atoms with van der Waals surface area (Å²) in [7, 11) is 1.88. The number of hydrogen-bond acceptors (Lipinski definition) is 3. The van der Waals surface area contributed by atoms with Gasteiger partial charge in [0, 0.05) is 31.9 Å². The summed E-state index contributed by atoms with van der Waals surface area (Å²) in [6.07, 6.45) is 6.29. The molecule has 2 heterocycles. The van der Waals surface area contributed by atoms with Crippen molar-refractivity contribution < 1.29 is 4.79 Å². The number of nitrogens with zero attached hydrogens (tertiary/aromatic N) is 3. The summed E-state index contributed by atoms with van der Waals surface area (Å²) in [6.45, 7) is 0.757. The maximum Gasteiger partial charge on any atom is 0.245 e. The summed E-state index contributed by atoms with van der Waals surface area (Å²) in [4.78, 5) is 14.8. The van der Waals surface area contributed by atoms with Crippen LogP contribution >= 0.6 is 0 Å². The molecule has 1 aromatic heterocycles. The summed E-state index contributed by atoms with van der Waals surface area (Å²) >= 11 is 0. The predicted octanol–water partition coefficient (Wildman–Crippen LogP) is 2.66. The second kappa shape index (κ2) is 6.40. The van der Waals surface area contributed by atoms with E-state index >= 15 is 0 Å². The minimum atomic E-state index is -0.119. The number of piperidine rings is 1. The highest BCUT2D eigenvalue weighted by Crippen LogP contribution is 2.41. The molecule has 1 aliphatic heterocycles. The Kier molecular flexibility index (Phi) is 4.10. The van der Waals surface area contributed by atoms with Gasteiger partial charge in [0.1, 0.15) is 0 Å². The molecule has 2 aliphatic rings. The fraction of sp³-hybridized carbons (Fsp3) is 0.474. The van der Waals surface area contributed by atoms with Crippen molar-refractivity contribution in [2.75, 3.05) is 11.4 Å². The first-order chi connectivity index (χ1) is 11.7. The standard InChI is InChI=1S/C19H24N4O/c1-22-13-11-17(21-22)23-12-5-8-16(19(23)24)20-18(15-9-10-15)14-6-3-2-4-7-14/h2-4,6-7,11,13,15-16,18,20H,5,8-10,12H2,1H3. The van der Waals surface area contributed by atoms with Crippen molar-refractivity contribution in [2.24, 2.45) is 13.0 Å². The lowest BCUT2D eigenvalue weighted by Gasteiger charge is -2.34. The summed E-state index contributed by atoms with van der Waals surface area (Å²) in [5, 5.41) is 8.06. The van der Waals surface area contributed by atoms with Crippen LogP contribution in [-0.4, -0.2) is 28.3 Å². The third-order valence-corrected chi connectivity index (χ3v) is 5.05. The van der Waals surface area contributed by atoms with Crippen LogP contribution in [0.2, 0.25) is 0 Å². The van der Waals surface area contributed by atoms with Gasteiger partial charge in [-0.1, -0.05) is 30.3 Å². The van der Waals surface area contributed by atoms with Crippen LogP contribution in [0.3, 0.4) is 0 Å². The van der Waals surface area contributed by atoms with Crippen molar-refractivity contribution in [3.8, 4) is 0 Å². The molecular weight excluding hydrogens is 300 g/mol. The van der Waals surface area contributed by atoms with Crippen molar-refractivity contribution in [1.82, 2.24) is 15.1 Å². The fourth-order valence-electron chi connectivity index (χ4n) is 3.62. The monoisotopic (exact) mass is 324 g/mol. The fourth-order valence-corrected chi connectivity index (χ4v) is 3.62. The zero-order chi connectivity index (χ0) is 16.5. The molecule has 1 saturated carbocycles. The number of hydrogen-bond donors (Lipinski definition) is 1. The number of rotatable bonds is 5. The van der Waals surface area contributed by atoms with E-state index in [1.165, 1.54) is 18.4 Å². The lowest BCUT2D eigenvalue weighted by Crippen LogP contribution is -2.52. The quantitative estimate of drug-likeness (QED) is 0.920. The zero-order valence-corrected chi connectivity index (χ0v) is 14.1. The first-order valence-electron chi connectivity index (χ1n) is 8.84. The van der Waals surface area contributed by atoms with E-state index in [1.54, 1.807) is 4.68 Å². The minimum Gasteiger partial charge on any atom is -0.299 e. The number of amides is 1. The van der Waals surface area contributed by atoms with E-state index in [2.05, 4.69) is 34.7 Å². The second-order valence-electron chi connectivity index (χ2n) is 6.92. The van der Waals surface area contributed by atoms with Gasteiger partial charge in [0.15, 0.2) is 5.82 Å². The predicted molar refractivity (Wildman–Crippen MR) is 93.6 cm³/mol. The van der Waals surface area contributed by atoms with Gasteiger partial charge in [-0.3, -0.25) is 19.7 Å². The number of carbonyl (C=O) groups is 1. The lowest BCUT2D eigenvalue weighted by molar-refractivity contribution is -0.122. The van der Waals surface area contributed by atoms with E-state index in [0.29, 0.717) is 5.92 Å². The molecule has 2 fully saturated rings.